The highest BCUT2D eigenvalue weighted by Gasteiger charge is 2.38. The Hall–Kier alpha value is -2.73. The van der Waals surface area contributed by atoms with Gasteiger partial charge in [-0.05, 0) is 44.0 Å². The Balaban J connectivity index is 0.000000396. The molecule has 0 aliphatic rings. The zero-order valence-corrected chi connectivity index (χ0v) is 17.8. The number of carboxylic acids is 1. The van der Waals surface area contributed by atoms with Crippen LogP contribution in [0.4, 0.5) is 13.2 Å². The van der Waals surface area contributed by atoms with E-state index in [0.717, 1.165) is 21.8 Å². The van der Waals surface area contributed by atoms with Gasteiger partial charge in [0, 0.05) is 23.5 Å². The molecule has 162 valence electrons. The number of sulfone groups is 1. The largest absolute Gasteiger partial charge is 0.490 e. The third-order valence-electron chi connectivity index (χ3n) is 3.62. The predicted octanol–water partition coefficient (Wildman–Crippen LogP) is 3.86. The second-order valence-electron chi connectivity index (χ2n) is 6.35. The average Bonchev–Trinajstić information content (AvgIpc) is 3.22. The third-order valence-corrected chi connectivity index (χ3v) is 5.97. The molecular formula is C18H18F3N3O4S2. The first-order valence-electron chi connectivity index (χ1n) is 8.35. The molecule has 12 heteroatoms. The molecule has 0 amide bonds. The molecule has 2 heterocycles. The van der Waals surface area contributed by atoms with Crippen molar-refractivity contribution >= 4 is 27.1 Å². The molecule has 0 bridgehead atoms. The van der Waals surface area contributed by atoms with E-state index in [2.05, 4.69) is 9.97 Å². The van der Waals surface area contributed by atoms with E-state index in [1.807, 2.05) is 39.0 Å². The van der Waals surface area contributed by atoms with Crippen molar-refractivity contribution in [2.45, 2.75) is 37.9 Å². The maximum absolute atomic E-state index is 12.7. The molecule has 0 radical (unpaired) electrons. The number of aliphatic carboxylic acids is 1. The molecule has 30 heavy (non-hydrogen) atoms. The molecular weight excluding hydrogens is 443 g/mol. The molecule has 1 aromatic carbocycles. The number of nitrogens with zero attached hydrogens (tertiary/aromatic N) is 3. The van der Waals surface area contributed by atoms with Crippen molar-refractivity contribution < 1.29 is 31.5 Å². The van der Waals surface area contributed by atoms with Gasteiger partial charge in [-0.25, -0.2) is 23.2 Å². The van der Waals surface area contributed by atoms with E-state index in [0.29, 0.717) is 5.69 Å². The second kappa shape index (κ2) is 8.96. The van der Waals surface area contributed by atoms with Crippen LogP contribution in [0.3, 0.4) is 0 Å². The van der Waals surface area contributed by atoms with Crippen LogP contribution in [0.2, 0.25) is 0 Å². The normalized spacial score (nSPS) is 11.7. The van der Waals surface area contributed by atoms with Crippen LogP contribution in [0.1, 0.15) is 21.8 Å². The number of carboxylic acid groups (broad SMARTS) is 1. The van der Waals surface area contributed by atoms with E-state index in [-0.39, 0.29) is 10.9 Å². The van der Waals surface area contributed by atoms with E-state index in [9.17, 15) is 21.6 Å². The summed E-state index contributed by atoms with van der Waals surface area (Å²) in [7, 11) is -3.57. The standard InChI is InChI=1S/C16H17N3O2S2.C2HF3O2/c1-11-6-12(2)8-15(7-11)19-5-4-17-16(19)23(20,21)10-14-9-22-13(3)18-14;3-2(4,5)1(6)7/h4-9H,10H2,1-3H3;(H,6,7). The number of aryl methyl sites for hydroxylation is 3. The minimum absolute atomic E-state index is 0.0492. The van der Waals surface area contributed by atoms with Crippen molar-refractivity contribution in [2.24, 2.45) is 0 Å². The first-order chi connectivity index (χ1) is 13.8. The monoisotopic (exact) mass is 461 g/mol. The van der Waals surface area contributed by atoms with E-state index in [1.54, 1.807) is 16.1 Å². The minimum Gasteiger partial charge on any atom is -0.475 e. The first-order valence-corrected chi connectivity index (χ1v) is 10.9. The second-order valence-corrected chi connectivity index (χ2v) is 9.29. The van der Waals surface area contributed by atoms with Crippen LogP contribution in [-0.4, -0.2) is 40.2 Å². The summed E-state index contributed by atoms with van der Waals surface area (Å²) in [6, 6.07) is 5.94. The van der Waals surface area contributed by atoms with Crippen LogP contribution in [-0.2, 0) is 20.4 Å². The Kier molecular flexibility index (Phi) is 7.03. The summed E-state index contributed by atoms with van der Waals surface area (Å²) in [6.45, 7) is 5.83. The molecule has 3 rings (SSSR count). The molecule has 3 aromatic rings. The Morgan fingerprint density at radius 1 is 1.17 bits per heavy atom. The maximum atomic E-state index is 12.7. The average molecular weight is 461 g/mol. The minimum atomic E-state index is -5.08. The van der Waals surface area contributed by atoms with Gasteiger partial charge in [-0.15, -0.1) is 11.3 Å². The Bertz CT molecular complexity index is 1130. The van der Waals surface area contributed by atoms with Gasteiger partial charge < -0.3 is 5.11 Å². The molecule has 2 aromatic heterocycles. The van der Waals surface area contributed by atoms with Crippen molar-refractivity contribution in [3.8, 4) is 5.69 Å². The molecule has 7 nitrogen and oxygen atoms in total. The van der Waals surface area contributed by atoms with Crippen LogP contribution >= 0.6 is 11.3 Å². The Labute approximate surface area is 174 Å². The van der Waals surface area contributed by atoms with Crippen molar-refractivity contribution in [3.63, 3.8) is 0 Å². The summed E-state index contributed by atoms with van der Waals surface area (Å²) in [4.78, 5) is 17.2. The summed E-state index contributed by atoms with van der Waals surface area (Å²) in [6.07, 6.45) is -1.90. The van der Waals surface area contributed by atoms with Crippen molar-refractivity contribution in [1.82, 2.24) is 14.5 Å². The zero-order valence-electron chi connectivity index (χ0n) is 16.1. The van der Waals surface area contributed by atoms with Gasteiger partial charge in [-0.3, -0.25) is 4.57 Å². The number of rotatable bonds is 4. The fourth-order valence-electron chi connectivity index (χ4n) is 2.54. The quantitative estimate of drug-likeness (QED) is 0.633. The number of hydrogen-bond donors (Lipinski definition) is 1. The number of hydrogen-bond acceptors (Lipinski definition) is 6. The lowest BCUT2D eigenvalue weighted by molar-refractivity contribution is -0.192. The maximum Gasteiger partial charge on any atom is 0.490 e. The van der Waals surface area contributed by atoms with Crippen LogP contribution in [0.25, 0.3) is 5.69 Å². The molecule has 1 N–H and O–H groups in total. The number of carbonyl (C=O) groups is 1. The van der Waals surface area contributed by atoms with E-state index in [1.165, 1.54) is 17.5 Å². The van der Waals surface area contributed by atoms with Crippen LogP contribution in [0, 0.1) is 20.8 Å². The molecule has 0 saturated carbocycles. The molecule has 0 aliphatic heterocycles. The van der Waals surface area contributed by atoms with Gasteiger partial charge >= 0.3 is 12.1 Å². The summed E-state index contributed by atoms with van der Waals surface area (Å²) in [5.41, 5.74) is 3.51. The summed E-state index contributed by atoms with van der Waals surface area (Å²) < 4.78 is 58.8. The number of thiazole rings is 1. The molecule has 0 atom stereocenters. The highest BCUT2D eigenvalue weighted by atomic mass is 32.2. The van der Waals surface area contributed by atoms with Crippen molar-refractivity contribution in [2.75, 3.05) is 0 Å². The molecule has 0 aliphatic carbocycles. The number of benzene rings is 1. The smallest absolute Gasteiger partial charge is 0.475 e. The zero-order chi connectivity index (χ0) is 22.7. The number of aromatic nitrogens is 3. The van der Waals surface area contributed by atoms with Gasteiger partial charge in [-0.2, -0.15) is 13.2 Å². The first kappa shape index (κ1) is 23.5. The summed E-state index contributed by atoms with van der Waals surface area (Å²) in [5.74, 6) is -2.90. The van der Waals surface area contributed by atoms with Gasteiger partial charge in [0.05, 0.1) is 10.7 Å². The Morgan fingerprint density at radius 2 is 1.73 bits per heavy atom. The fraction of sp³-hybridized carbons (Fsp3) is 0.278. The molecule has 0 saturated heterocycles. The summed E-state index contributed by atoms with van der Waals surface area (Å²) >= 11 is 1.44. The number of halogens is 3. The molecule has 0 spiro atoms. The highest BCUT2D eigenvalue weighted by molar-refractivity contribution is 7.90. The number of imidazole rings is 1. The SMILES string of the molecule is Cc1cc(C)cc(-n2ccnc2S(=O)(=O)Cc2csc(C)n2)c1.O=C(O)C(F)(F)F. The van der Waals surface area contributed by atoms with Crippen LogP contribution in [0.5, 0.6) is 0 Å². The van der Waals surface area contributed by atoms with Gasteiger partial charge in [0.25, 0.3) is 0 Å². The van der Waals surface area contributed by atoms with Crippen molar-refractivity contribution in [3.05, 3.63) is 57.8 Å². The van der Waals surface area contributed by atoms with Crippen molar-refractivity contribution in [1.29, 1.82) is 0 Å². The highest BCUT2D eigenvalue weighted by Crippen LogP contribution is 2.21. The number of alkyl halides is 3. The van der Waals surface area contributed by atoms with Crippen LogP contribution < -0.4 is 0 Å². The lowest BCUT2D eigenvalue weighted by Gasteiger charge is -2.10. The predicted molar refractivity (Wildman–Crippen MR) is 104 cm³/mol. The fourth-order valence-corrected chi connectivity index (χ4v) is 4.61. The van der Waals surface area contributed by atoms with E-state index < -0.39 is 22.0 Å². The van der Waals surface area contributed by atoms with E-state index >= 15 is 0 Å². The lowest BCUT2D eigenvalue weighted by Crippen LogP contribution is -2.21. The third kappa shape index (κ3) is 6.13. The van der Waals surface area contributed by atoms with Gasteiger partial charge in [-0.1, -0.05) is 6.07 Å². The molecule has 0 unspecified atom stereocenters. The van der Waals surface area contributed by atoms with Gasteiger partial charge in [0.1, 0.15) is 5.75 Å². The van der Waals surface area contributed by atoms with Gasteiger partial charge in [0.2, 0.25) is 15.0 Å². The van der Waals surface area contributed by atoms with E-state index in [4.69, 9.17) is 9.90 Å². The lowest BCUT2D eigenvalue weighted by atomic mass is 10.1. The summed E-state index contributed by atoms with van der Waals surface area (Å²) in [5, 5.41) is 9.80. The Morgan fingerprint density at radius 3 is 2.20 bits per heavy atom. The van der Waals surface area contributed by atoms with Gasteiger partial charge in [0.15, 0.2) is 0 Å². The van der Waals surface area contributed by atoms with Crippen LogP contribution in [0.15, 0.2) is 41.1 Å². The molecule has 0 fully saturated rings. The topological polar surface area (TPSA) is 102 Å².